The van der Waals surface area contributed by atoms with Crippen LogP contribution in [0.25, 0.3) is 0 Å². The third-order valence-corrected chi connectivity index (χ3v) is 5.60. The van der Waals surface area contributed by atoms with E-state index in [9.17, 15) is 9.18 Å². The quantitative estimate of drug-likeness (QED) is 0.805. The van der Waals surface area contributed by atoms with Gasteiger partial charge in [-0.25, -0.2) is 4.39 Å². The van der Waals surface area contributed by atoms with Crippen molar-refractivity contribution in [2.75, 3.05) is 32.8 Å². The summed E-state index contributed by atoms with van der Waals surface area (Å²) in [6.07, 6.45) is 1.35. The average Bonchev–Trinajstić information content (AvgIpc) is 3.12. The van der Waals surface area contributed by atoms with Crippen LogP contribution in [0.5, 0.6) is 5.75 Å². The molecule has 2 aliphatic rings. The van der Waals surface area contributed by atoms with Crippen molar-refractivity contribution in [2.24, 2.45) is 0 Å². The van der Waals surface area contributed by atoms with Crippen LogP contribution in [0.15, 0.2) is 36.4 Å². The summed E-state index contributed by atoms with van der Waals surface area (Å²) in [6, 6.07) is 10.5. The molecule has 0 radical (unpaired) electrons. The molecule has 0 spiro atoms. The standard InChI is InChI=1S/C21H22ClFN2O2/c22-19-13-18(23)3-2-17(19)14-24-6-8-25(9-7-24)21(26)12-15-1-4-20-16(11-15)5-10-27-20/h1-4,11,13H,5-10,12,14H2. The van der Waals surface area contributed by atoms with Gasteiger partial charge < -0.3 is 9.64 Å². The highest BCUT2D eigenvalue weighted by Gasteiger charge is 2.22. The van der Waals surface area contributed by atoms with Crippen molar-refractivity contribution < 1.29 is 13.9 Å². The van der Waals surface area contributed by atoms with E-state index in [4.69, 9.17) is 16.3 Å². The lowest BCUT2D eigenvalue weighted by Gasteiger charge is -2.35. The number of hydrogen-bond acceptors (Lipinski definition) is 3. The number of carbonyl (C=O) groups excluding carboxylic acids is 1. The van der Waals surface area contributed by atoms with E-state index >= 15 is 0 Å². The summed E-state index contributed by atoms with van der Waals surface area (Å²) in [7, 11) is 0. The van der Waals surface area contributed by atoms with Crippen molar-refractivity contribution in [3.05, 3.63) is 63.9 Å². The van der Waals surface area contributed by atoms with Gasteiger partial charge in [-0.2, -0.15) is 0 Å². The number of rotatable bonds is 4. The van der Waals surface area contributed by atoms with Crippen LogP contribution in [0.2, 0.25) is 5.02 Å². The van der Waals surface area contributed by atoms with Crippen LogP contribution in [0, 0.1) is 5.82 Å². The second-order valence-electron chi connectivity index (χ2n) is 7.11. The number of hydrogen-bond donors (Lipinski definition) is 0. The van der Waals surface area contributed by atoms with Gasteiger partial charge in [-0.3, -0.25) is 9.69 Å². The minimum Gasteiger partial charge on any atom is -0.493 e. The molecule has 2 aromatic carbocycles. The highest BCUT2D eigenvalue weighted by Crippen LogP contribution is 2.26. The number of nitrogens with zero attached hydrogens (tertiary/aromatic N) is 2. The van der Waals surface area contributed by atoms with Crippen molar-refractivity contribution in [3.8, 4) is 5.75 Å². The van der Waals surface area contributed by atoms with Crippen molar-refractivity contribution >= 4 is 17.5 Å². The maximum Gasteiger partial charge on any atom is 0.227 e. The van der Waals surface area contributed by atoms with E-state index in [-0.39, 0.29) is 11.7 Å². The zero-order valence-corrected chi connectivity index (χ0v) is 15.8. The molecule has 4 nitrogen and oxygen atoms in total. The molecular weight excluding hydrogens is 367 g/mol. The first-order valence-electron chi connectivity index (χ1n) is 9.27. The van der Waals surface area contributed by atoms with Gasteiger partial charge in [0.15, 0.2) is 0 Å². The van der Waals surface area contributed by atoms with E-state index < -0.39 is 0 Å². The molecule has 2 heterocycles. The number of benzene rings is 2. The van der Waals surface area contributed by atoms with E-state index in [1.807, 2.05) is 17.0 Å². The summed E-state index contributed by atoms with van der Waals surface area (Å²) in [5, 5.41) is 0.453. The SMILES string of the molecule is O=C(Cc1ccc2c(c1)CCO2)N1CCN(Cc2ccc(F)cc2Cl)CC1. The Bertz CT molecular complexity index is 850. The van der Waals surface area contributed by atoms with E-state index in [1.165, 1.54) is 17.7 Å². The fraction of sp³-hybridized carbons (Fsp3) is 0.381. The molecule has 1 saturated heterocycles. The number of piperazine rings is 1. The summed E-state index contributed by atoms with van der Waals surface area (Å²) < 4.78 is 18.7. The lowest BCUT2D eigenvalue weighted by molar-refractivity contribution is -0.132. The number of ether oxygens (including phenoxy) is 1. The normalized spacial score (nSPS) is 16.9. The van der Waals surface area contributed by atoms with E-state index in [0.717, 1.165) is 43.0 Å². The van der Waals surface area contributed by atoms with Crippen LogP contribution >= 0.6 is 11.6 Å². The number of amides is 1. The number of carbonyl (C=O) groups is 1. The van der Waals surface area contributed by atoms with E-state index in [0.29, 0.717) is 31.1 Å². The maximum atomic E-state index is 13.2. The lowest BCUT2D eigenvalue weighted by atomic mass is 10.1. The highest BCUT2D eigenvalue weighted by molar-refractivity contribution is 6.31. The molecule has 2 aromatic rings. The van der Waals surface area contributed by atoms with Crippen molar-refractivity contribution in [2.45, 2.75) is 19.4 Å². The summed E-state index contributed by atoms with van der Waals surface area (Å²) in [4.78, 5) is 16.8. The molecule has 0 aromatic heterocycles. The molecule has 6 heteroatoms. The predicted molar refractivity (Wildman–Crippen MR) is 103 cm³/mol. The molecule has 0 aliphatic carbocycles. The Morgan fingerprint density at radius 1 is 1.11 bits per heavy atom. The minimum atomic E-state index is -0.322. The molecule has 1 fully saturated rings. The third-order valence-electron chi connectivity index (χ3n) is 5.24. The molecule has 142 valence electrons. The summed E-state index contributed by atoms with van der Waals surface area (Å²) >= 11 is 6.12. The first-order valence-corrected chi connectivity index (χ1v) is 9.65. The molecule has 0 saturated carbocycles. The Kier molecular flexibility index (Phi) is 5.32. The third kappa shape index (κ3) is 4.25. The molecule has 4 rings (SSSR count). The molecular formula is C21H22ClFN2O2. The van der Waals surface area contributed by atoms with Gasteiger partial charge >= 0.3 is 0 Å². The van der Waals surface area contributed by atoms with Gasteiger partial charge in [0.2, 0.25) is 5.91 Å². The van der Waals surface area contributed by atoms with Gasteiger partial charge in [-0.05, 0) is 34.9 Å². The average molecular weight is 389 g/mol. The Morgan fingerprint density at radius 2 is 1.93 bits per heavy atom. The Morgan fingerprint density at radius 3 is 2.70 bits per heavy atom. The zero-order chi connectivity index (χ0) is 18.8. The Balaban J connectivity index is 1.30. The molecule has 0 N–H and O–H groups in total. The zero-order valence-electron chi connectivity index (χ0n) is 15.1. The molecule has 27 heavy (non-hydrogen) atoms. The smallest absolute Gasteiger partial charge is 0.227 e. The first kappa shape index (κ1) is 18.3. The van der Waals surface area contributed by atoms with Crippen LogP contribution < -0.4 is 4.74 Å². The molecule has 2 aliphatic heterocycles. The van der Waals surface area contributed by atoms with Crippen LogP contribution in [0.3, 0.4) is 0 Å². The van der Waals surface area contributed by atoms with E-state index in [1.54, 1.807) is 6.07 Å². The Hall–Kier alpha value is -2.11. The van der Waals surface area contributed by atoms with Gasteiger partial charge in [0.25, 0.3) is 0 Å². The van der Waals surface area contributed by atoms with Crippen LogP contribution in [-0.4, -0.2) is 48.5 Å². The second-order valence-corrected chi connectivity index (χ2v) is 7.52. The molecule has 0 atom stereocenters. The van der Waals surface area contributed by atoms with E-state index in [2.05, 4.69) is 11.0 Å². The van der Waals surface area contributed by atoms with Gasteiger partial charge in [0, 0.05) is 44.2 Å². The Labute approximate surface area is 163 Å². The summed E-state index contributed by atoms with van der Waals surface area (Å²) in [6.45, 7) is 4.38. The number of halogens is 2. The minimum absolute atomic E-state index is 0.160. The van der Waals surface area contributed by atoms with Crippen LogP contribution in [0.4, 0.5) is 4.39 Å². The maximum absolute atomic E-state index is 13.2. The molecule has 1 amide bonds. The van der Waals surface area contributed by atoms with Gasteiger partial charge in [-0.15, -0.1) is 0 Å². The van der Waals surface area contributed by atoms with Gasteiger partial charge in [0.1, 0.15) is 11.6 Å². The largest absolute Gasteiger partial charge is 0.493 e. The molecule has 0 bridgehead atoms. The van der Waals surface area contributed by atoms with Crippen LogP contribution in [0.1, 0.15) is 16.7 Å². The van der Waals surface area contributed by atoms with Crippen molar-refractivity contribution in [1.29, 1.82) is 0 Å². The van der Waals surface area contributed by atoms with Gasteiger partial charge in [-0.1, -0.05) is 29.8 Å². The number of fused-ring (bicyclic) bond motifs is 1. The van der Waals surface area contributed by atoms with Crippen molar-refractivity contribution in [3.63, 3.8) is 0 Å². The highest BCUT2D eigenvalue weighted by atomic mass is 35.5. The fourth-order valence-electron chi connectivity index (χ4n) is 3.68. The van der Waals surface area contributed by atoms with Crippen molar-refractivity contribution in [1.82, 2.24) is 9.80 Å². The second kappa shape index (κ2) is 7.87. The fourth-order valence-corrected chi connectivity index (χ4v) is 3.91. The van der Waals surface area contributed by atoms with Crippen LogP contribution in [-0.2, 0) is 24.2 Å². The topological polar surface area (TPSA) is 32.8 Å². The monoisotopic (exact) mass is 388 g/mol. The summed E-state index contributed by atoms with van der Waals surface area (Å²) in [5.41, 5.74) is 3.16. The summed E-state index contributed by atoms with van der Waals surface area (Å²) in [5.74, 6) is 0.782. The predicted octanol–water partition coefficient (Wildman–Crippen LogP) is 3.30. The molecule has 0 unspecified atom stereocenters. The van der Waals surface area contributed by atoms with Gasteiger partial charge in [0.05, 0.1) is 13.0 Å². The first-order chi connectivity index (χ1) is 13.1. The lowest BCUT2D eigenvalue weighted by Crippen LogP contribution is -2.48.